The van der Waals surface area contributed by atoms with E-state index in [9.17, 15) is 10.1 Å². The average Bonchev–Trinajstić information content (AvgIpc) is 3.47. The zero-order chi connectivity index (χ0) is 30.8. The van der Waals surface area contributed by atoms with Gasteiger partial charge in [-0.3, -0.25) is 9.58 Å². The lowest BCUT2D eigenvalue weighted by Gasteiger charge is -2.58. The number of amides is 2. The van der Waals surface area contributed by atoms with Gasteiger partial charge in [0.15, 0.2) is 5.82 Å². The van der Waals surface area contributed by atoms with Crippen LogP contribution in [0.1, 0.15) is 43.2 Å². The van der Waals surface area contributed by atoms with Gasteiger partial charge in [0, 0.05) is 55.7 Å². The van der Waals surface area contributed by atoms with Crippen LogP contribution in [0.15, 0.2) is 67.3 Å². The highest BCUT2D eigenvalue weighted by Crippen LogP contribution is 2.41. The predicted molar refractivity (Wildman–Crippen MR) is 170 cm³/mol. The summed E-state index contributed by atoms with van der Waals surface area (Å²) in [5.74, 6) is 1.83. The molecule has 230 valence electrons. The second-order valence-corrected chi connectivity index (χ2v) is 12.1. The van der Waals surface area contributed by atoms with Crippen molar-refractivity contribution in [1.29, 1.82) is 5.26 Å². The minimum absolute atomic E-state index is 0.0208. The summed E-state index contributed by atoms with van der Waals surface area (Å²) in [7, 11) is 1.88. The van der Waals surface area contributed by atoms with Crippen LogP contribution in [0.25, 0.3) is 11.1 Å². The molecule has 0 radical (unpaired) electrons. The number of pyridine rings is 1. The minimum Gasteiger partial charge on any atom is -0.376 e. The molecule has 0 bridgehead atoms. The first-order valence-corrected chi connectivity index (χ1v) is 15.5. The van der Waals surface area contributed by atoms with Crippen LogP contribution in [0.5, 0.6) is 0 Å². The summed E-state index contributed by atoms with van der Waals surface area (Å²) in [6.07, 6.45) is 11.5. The molecule has 2 saturated heterocycles. The Hall–Kier alpha value is -5.02. The normalized spacial score (nSPS) is 20.0. The Morgan fingerprint density at radius 2 is 1.89 bits per heavy atom. The van der Waals surface area contributed by atoms with E-state index in [1.54, 1.807) is 23.3 Å². The van der Waals surface area contributed by atoms with Gasteiger partial charge >= 0.3 is 6.03 Å². The SMILES string of the molecule is Cn1cc(-c2ccc(N(C(=O)NCc3ccccc3)C3CCC(Nc4ncc(C#N)c(N5CCC56COC6)n4)CC3)nc2)cn1. The Kier molecular flexibility index (Phi) is 7.77. The second-order valence-electron chi connectivity index (χ2n) is 12.1. The largest absolute Gasteiger partial charge is 0.376 e. The quantitative estimate of drug-likeness (QED) is 0.302. The fourth-order valence-corrected chi connectivity index (χ4v) is 6.48. The van der Waals surface area contributed by atoms with Crippen LogP contribution in [0.2, 0.25) is 0 Å². The van der Waals surface area contributed by atoms with Crippen molar-refractivity contribution in [2.24, 2.45) is 7.05 Å². The number of benzene rings is 1. The van der Waals surface area contributed by atoms with Crippen LogP contribution < -0.4 is 20.4 Å². The zero-order valence-corrected chi connectivity index (χ0v) is 25.3. The maximum atomic E-state index is 13.7. The molecule has 12 nitrogen and oxygen atoms in total. The van der Waals surface area contributed by atoms with Crippen molar-refractivity contribution in [3.63, 3.8) is 0 Å². The van der Waals surface area contributed by atoms with E-state index in [1.165, 1.54) is 0 Å². The van der Waals surface area contributed by atoms with Crippen molar-refractivity contribution < 1.29 is 9.53 Å². The van der Waals surface area contributed by atoms with Gasteiger partial charge in [0.05, 0.1) is 31.1 Å². The van der Waals surface area contributed by atoms with Crippen LogP contribution in [0.3, 0.4) is 0 Å². The molecule has 45 heavy (non-hydrogen) atoms. The summed E-state index contributed by atoms with van der Waals surface area (Å²) in [5, 5.41) is 20.6. The van der Waals surface area contributed by atoms with Crippen LogP contribution >= 0.6 is 0 Å². The van der Waals surface area contributed by atoms with Crippen molar-refractivity contribution in [2.45, 2.75) is 56.3 Å². The van der Waals surface area contributed by atoms with Gasteiger partial charge < -0.3 is 20.3 Å². The fourth-order valence-electron chi connectivity index (χ4n) is 6.48. The van der Waals surface area contributed by atoms with Crippen LogP contribution in [-0.2, 0) is 18.3 Å². The van der Waals surface area contributed by atoms with Crippen molar-refractivity contribution in [3.05, 3.63) is 78.4 Å². The van der Waals surface area contributed by atoms with Gasteiger partial charge in [0.25, 0.3) is 0 Å². The monoisotopic (exact) mass is 604 g/mol. The highest BCUT2D eigenvalue weighted by atomic mass is 16.5. The summed E-state index contributed by atoms with van der Waals surface area (Å²) in [4.78, 5) is 31.7. The van der Waals surface area contributed by atoms with E-state index in [-0.39, 0.29) is 23.7 Å². The molecule has 1 aliphatic carbocycles. The molecule has 5 heterocycles. The summed E-state index contributed by atoms with van der Waals surface area (Å²) >= 11 is 0. The van der Waals surface area contributed by atoms with Crippen molar-refractivity contribution in [3.8, 4) is 17.2 Å². The number of carbonyl (C=O) groups excluding carboxylic acids is 1. The van der Waals surface area contributed by atoms with E-state index >= 15 is 0 Å². The Morgan fingerprint density at radius 3 is 2.51 bits per heavy atom. The molecule has 1 spiro atoms. The maximum absolute atomic E-state index is 13.7. The maximum Gasteiger partial charge on any atom is 0.323 e. The van der Waals surface area contributed by atoms with Crippen LogP contribution in [0, 0.1) is 11.3 Å². The summed E-state index contributed by atoms with van der Waals surface area (Å²) in [6, 6.07) is 16.0. The van der Waals surface area contributed by atoms with Crippen molar-refractivity contribution in [1.82, 2.24) is 30.0 Å². The summed E-state index contributed by atoms with van der Waals surface area (Å²) < 4.78 is 7.23. The molecule has 3 fully saturated rings. The number of hydrogen-bond donors (Lipinski definition) is 2. The topological polar surface area (TPSA) is 137 Å². The Balaban J connectivity index is 1.05. The number of hydrogen-bond acceptors (Lipinski definition) is 9. The molecule has 12 heteroatoms. The Morgan fingerprint density at radius 1 is 1.07 bits per heavy atom. The third-order valence-electron chi connectivity index (χ3n) is 9.19. The third-order valence-corrected chi connectivity index (χ3v) is 9.19. The first-order chi connectivity index (χ1) is 22.0. The number of nitrogens with zero attached hydrogens (tertiary/aromatic N) is 8. The highest BCUT2D eigenvalue weighted by Gasteiger charge is 2.52. The van der Waals surface area contributed by atoms with Gasteiger partial charge in [0.1, 0.15) is 17.5 Å². The first kappa shape index (κ1) is 28.7. The number of anilines is 3. The van der Waals surface area contributed by atoms with E-state index in [1.807, 2.05) is 60.6 Å². The number of aromatic nitrogens is 5. The van der Waals surface area contributed by atoms with E-state index in [0.29, 0.717) is 42.9 Å². The molecule has 3 aliphatic rings. The molecule has 0 unspecified atom stereocenters. The highest BCUT2D eigenvalue weighted by molar-refractivity contribution is 5.91. The number of urea groups is 1. The molecule has 1 saturated carbocycles. The number of nitriles is 1. The van der Waals surface area contributed by atoms with E-state index in [2.05, 4.69) is 31.7 Å². The number of aryl methyl sites for hydroxylation is 1. The van der Waals surface area contributed by atoms with Gasteiger partial charge in [-0.1, -0.05) is 30.3 Å². The van der Waals surface area contributed by atoms with Gasteiger partial charge in [-0.25, -0.2) is 14.8 Å². The molecule has 0 atom stereocenters. The first-order valence-electron chi connectivity index (χ1n) is 15.5. The van der Waals surface area contributed by atoms with Gasteiger partial charge in [-0.15, -0.1) is 0 Å². The number of ether oxygens (including phenoxy) is 1. The van der Waals surface area contributed by atoms with E-state index in [4.69, 9.17) is 14.7 Å². The summed E-state index contributed by atoms with van der Waals surface area (Å²) in [5.41, 5.74) is 3.41. The molecular weight excluding hydrogens is 568 g/mol. The van der Waals surface area contributed by atoms with Gasteiger partial charge in [-0.05, 0) is 49.8 Å². The van der Waals surface area contributed by atoms with E-state index in [0.717, 1.165) is 55.3 Å². The van der Waals surface area contributed by atoms with Gasteiger partial charge in [0.2, 0.25) is 5.95 Å². The van der Waals surface area contributed by atoms with Crippen LogP contribution in [-0.4, -0.2) is 68.1 Å². The van der Waals surface area contributed by atoms with Crippen molar-refractivity contribution in [2.75, 3.05) is 34.9 Å². The summed E-state index contributed by atoms with van der Waals surface area (Å²) in [6.45, 7) is 2.64. The number of carbonyl (C=O) groups is 1. The lowest BCUT2D eigenvalue weighted by molar-refractivity contribution is -0.0851. The lowest BCUT2D eigenvalue weighted by Crippen LogP contribution is -2.71. The number of nitrogens with one attached hydrogen (secondary N) is 2. The molecule has 2 aliphatic heterocycles. The molecule has 1 aromatic carbocycles. The molecular formula is C33H36N10O2. The molecule has 4 aromatic rings. The molecule has 2 amide bonds. The average molecular weight is 605 g/mol. The predicted octanol–water partition coefficient (Wildman–Crippen LogP) is 4.26. The Bertz CT molecular complexity index is 1680. The molecule has 3 aromatic heterocycles. The molecule has 2 N–H and O–H groups in total. The smallest absolute Gasteiger partial charge is 0.323 e. The second kappa shape index (κ2) is 12.2. The molecule has 7 rings (SSSR count). The number of rotatable bonds is 8. The minimum atomic E-state index is -0.166. The Labute approximate surface area is 262 Å². The fraction of sp³-hybridized carbons (Fsp3) is 0.394. The van der Waals surface area contributed by atoms with E-state index < -0.39 is 0 Å². The standard InChI is InChI=1S/C33H36N10O2/c1-41-20-26(19-38-41)24-7-12-29(35-17-24)43(32(44)37-16-23-5-3-2-4-6-23)28-10-8-27(9-11-28)39-31-36-18-25(15-34)30(40-31)42-14-13-33(42)21-45-22-33/h2-7,12,17-20,27-28H,8-11,13-14,16,21-22H2,1H3,(H,37,44)(H,36,39,40). The van der Waals surface area contributed by atoms with Gasteiger partial charge in [-0.2, -0.15) is 15.3 Å². The van der Waals surface area contributed by atoms with Crippen LogP contribution in [0.4, 0.5) is 22.4 Å². The zero-order valence-electron chi connectivity index (χ0n) is 25.3. The third kappa shape index (κ3) is 5.79. The lowest BCUT2D eigenvalue weighted by atomic mass is 9.82. The van der Waals surface area contributed by atoms with Crippen molar-refractivity contribution >= 4 is 23.6 Å².